The SMILES string of the molecule is CCCS(=O)(=O)Nc1c(F)ccc2c(-c3cc4cnc(N[C@H]5CCCNC5)nc4n(C)c3=O)cccc12. The smallest absolute Gasteiger partial charge is 0.259 e. The average molecular weight is 525 g/mol. The molecule has 4 aromatic rings. The number of pyridine rings is 1. The van der Waals surface area contributed by atoms with Crippen LogP contribution in [-0.2, 0) is 17.1 Å². The molecule has 37 heavy (non-hydrogen) atoms. The van der Waals surface area contributed by atoms with Gasteiger partial charge < -0.3 is 10.6 Å². The first-order chi connectivity index (χ1) is 17.8. The second-order valence-electron chi connectivity index (χ2n) is 9.33. The first kappa shape index (κ1) is 25.1. The molecule has 9 nitrogen and oxygen atoms in total. The van der Waals surface area contributed by atoms with Gasteiger partial charge in [-0.2, -0.15) is 4.98 Å². The zero-order valence-corrected chi connectivity index (χ0v) is 21.5. The summed E-state index contributed by atoms with van der Waals surface area (Å²) in [6, 6.07) is 9.80. The van der Waals surface area contributed by atoms with E-state index in [4.69, 9.17) is 0 Å². The van der Waals surface area contributed by atoms with Crippen molar-refractivity contribution in [2.45, 2.75) is 32.2 Å². The molecule has 1 atom stereocenters. The van der Waals surface area contributed by atoms with E-state index < -0.39 is 15.8 Å². The zero-order chi connectivity index (χ0) is 26.2. The summed E-state index contributed by atoms with van der Waals surface area (Å²) in [5.74, 6) is -0.340. The average Bonchev–Trinajstić information content (AvgIpc) is 2.88. The third-order valence-electron chi connectivity index (χ3n) is 6.61. The van der Waals surface area contributed by atoms with Gasteiger partial charge >= 0.3 is 0 Å². The summed E-state index contributed by atoms with van der Waals surface area (Å²) in [7, 11) is -2.06. The minimum Gasteiger partial charge on any atom is -0.350 e. The van der Waals surface area contributed by atoms with Crippen LogP contribution in [0.4, 0.5) is 16.0 Å². The number of fused-ring (bicyclic) bond motifs is 2. The van der Waals surface area contributed by atoms with E-state index in [9.17, 15) is 17.6 Å². The number of piperidine rings is 1. The fraction of sp³-hybridized carbons (Fsp3) is 0.346. The van der Waals surface area contributed by atoms with Crippen molar-refractivity contribution < 1.29 is 12.8 Å². The summed E-state index contributed by atoms with van der Waals surface area (Å²) < 4.78 is 43.4. The number of halogens is 1. The van der Waals surface area contributed by atoms with Gasteiger partial charge in [0.05, 0.1) is 11.4 Å². The van der Waals surface area contributed by atoms with E-state index in [1.54, 1.807) is 50.5 Å². The van der Waals surface area contributed by atoms with Gasteiger partial charge in [0, 0.05) is 42.2 Å². The predicted molar refractivity (Wildman–Crippen MR) is 145 cm³/mol. The third-order valence-corrected chi connectivity index (χ3v) is 8.07. The lowest BCUT2D eigenvalue weighted by atomic mass is 9.97. The van der Waals surface area contributed by atoms with E-state index in [2.05, 4.69) is 25.3 Å². The Balaban J connectivity index is 1.60. The van der Waals surface area contributed by atoms with Crippen LogP contribution in [0.2, 0.25) is 0 Å². The molecule has 5 rings (SSSR count). The van der Waals surface area contributed by atoms with E-state index in [0.29, 0.717) is 45.3 Å². The Kier molecular flexibility index (Phi) is 6.82. The molecule has 3 heterocycles. The number of nitrogens with one attached hydrogen (secondary N) is 3. The molecule has 0 radical (unpaired) electrons. The van der Waals surface area contributed by atoms with Crippen molar-refractivity contribution in [2.75, 3.05) is 28.9 Å². The Hall–Kier alpha value is -3.57. The van der Waals surface area contributed by atoms with Gasteiger partial charge in [-0.1, -0.05) is 31.2 Å². The second kappa shape index (κ2) is 10.1. The summed E-state index contributed by atoms with van der Waals surface area (Å²) in [5.41, 5.74) is 1.04. The van der Waals surface area contributed by atoms with Crippen molar-refractivity contribution in [3.8, 4) is 11.1 Å². The van der Waals surface area contributed by atoms with E-state index >= 15 is 0 Å². The van der Waals surface area contributed by atoms with Gasteiger partial charge in [-0.05, 0) is 48.9 Å². The van der Waals surface area contributed by atoms with Crippen LogP contribution in [0.1, 0.15) is 26.2 Å². The van der Waals surface area contributed by atoms with Crippen molar-refractivity contribution in [1.82, 2.24) is 19.9 Å². The Bertz CT molecular complexity index is 1650. The number of nitrogens with zero attached hydrogens (tertiary/aromatic N) is 3. The van der Waals surface area contributed by atoms with Gasteiger partial charge in [-0.25, -0.2) is 17.8 Å². The maximum absolute atomic E-state index is 14.8. The lowest BCUT2D eigenvalue weighted by molar-refractivity contribution is 0.478. The molecule has 0 spiro atoms. The molecular weight excluding hydrogens is 495 g/mol. The molecule has 0 bridgehead atoms. The van der Waals surface area contributed by atoms with Crippen LogP contribution in [0.3, 0.4) is 0 Å². The number of anilines is 2. The number of aromatic nitrogens is 3. The molecule has 0 unspecified atom stereocenters. The largest absolute Gasteiger partial charge is 0.350 e. The van der Waals surface area contributed by atoms with Crippen LogP contribution in [0.25, 0.3) is 32.9 Å². The molecule has 11 heteroatoms. The predicted octanol–water partition coefficient (Wildman–Crippen LogP) is 3.60. The maximum Gasteiger partial charge on any atom is 0.259 e. The maximum atomic E-state index is 14.8. The van der Waals surface area contributed by atoms with Crippen LogP contribution >= 0.6 is 0 Å². The van der Waals surface area contributed by atoms with Gasteiger partial charge in [0.25, 0.3) is 5.56 Å². The fourth-order valence-electron chi connectivity index (χ4n) is 4.81. The second-order valence-corrected chi connectivity index (χ2v) is 11.2. The minimum atomic E-state index is -3.72. The van der Waals surface area contributed by atoms with Crippen LogP contribution in [0.5, 0.6) is 0 Å². The quantitative estimate of drug-likeness (QED) is 0.338. The highest BCUT2D eigenvalue weighted by Crippen LogP contribution is 2.34. The topological polar surface area (TPSA) is 118 Å². The van der Waals surface area contributed by atoms with Crippen molar-refractivity contribution in [3.05, 3.63) is 58.8 Å². The van der Waals surface area contributed by atoms with Gasteiger partial charge in [0.1, 0.15) is 11.5 Å². The van der Waals surface area contributed by atoms with E-state index in [-0.39, 0.29) is 23.0 Å². The molecule has 0 amide bonds. The molecule has 194 valence electrons. The summed E-state index contributed by atoms with van der Waals surface area (Å²) in [6.07, 6.45) is 4.17. The Morgan fingerprint density at radius 1 is 1.19 bits per heavy atom. The van der Waals surface area contributed by atoms with E-state index in [0.717, 1.165) is 25.9 Å². The molecule has 1 aliphatic rings. The van der Waals surface area contributed by atoms with E-state index in [1.807, 2.05) is 0 Å². The number of benzene rings is 2. The molecule has 1 saturated heterocycles. The van der Waals surface area contributed by atoms with E-state index in [1.165, 1.54) is 10.6 Å². The lowest BCUT2D eigenvalue weighted by Crippen LogP contribution is -2.38. The number of sulfonamides is 1. The Morgan fingerprint density at radius 3 is 2.78 bits per heavy atom. The molecule has 1 fully saturated rings. The van der Waals surface area contributed by atoms with Crippen LogP contribution in [0.15, 0.2) is 47.4 Å². The standard InChI is InChI=1S/C26H29FN6O3S/c1-3-12-37(35,36)32-23-20-8-4-7-18(19(20)9-10-22(23)27)21-13-16-14-29-26(30-17-6-5-11-28-15-17)31-24(16)33(2)25(21)34/h4,7-10,13-14,17,28,32H,3,5-6,11-12,15H2,1-2H3,(H,29,30,31)/t17-/m0/s1. The number of hydrogen-bond acceptors (Lipinski definition) is 7. The third kappa shape index (κ3) is 5.01. The number of aryl methyl sites for hydroxylation is 1. The van der Waals surface area contributed by atoms with Crippen LogP contribution in [0, 0.1) is 5.82 Å². The van der Waals surface area contributed by atoms with Crippen molar-refractivity contribution in [2.24, 2.45) is 7.05 Å². The van der Waals surface area contributed by atoms with Crippen molar-refractivity contribution in [1.29, 1.82) is 0 Å². The molecule has 1 aliphatic heterocycles. The molecule has 3 N–H and O–H groups in total. The van der Waals surface area contributed by atoms with Crippen LogP contribution in [-0.4, -0.2) is 47.8 Å². The summed E-state index contributed by atoms with van der Waals surface area (Å²) in [4.78, 5) is 22.5. The number of rotatable bonds is 7. The van der Waals surface area contributed by atoms with Gasteiger partial charge in [-0.3, -0.25) is 14.1 Å². The zero-order valence-electron chi connectivity index (χ0n) is 20.7. The molecule has 2 aromatic heterocycles. The van der Waals surface area contributed by atoms with Gasteiger partial charge in [0.2, 0.25) is 16.0 Å². The fourth-order valence-corrected chi connectivity index (χ4v) is 5.97. The summed E-state index contributed by atoms with van der Waals surface area (Å²) >= 11 is 0. The molecule has 0 aliphatic carbocycles. The molecule has 2 aromatic carbocycles. The van der Waals surface area contributed by atoms with Crippen molar-refractivity contribution in [3.63, 3.8) is 0 Å². The number of hydrogen-bond donors (Lipinski definition) is 3. The lowest BCUT2D eigenvalue weighted by Gasteiger charge is -2.23. The molecule has 0 saturated carbocycles. The van der Waals surface area contributed by atoms with Gasteiger partial charge in [0.15, 0.2) is 0 Å². The first-order valence-corrected chi connectivity index (χ1v) is 14.0. The molecular formula is C26H29FN6O3S. The Labute approximate surface area is 214 Å². The Morgan fingerprint density at radius 2 is 2.03 bits per heavy atom. The minimum absolute atomic E-state index is 0.123. The first-order valence-electron chi connectivity index (χ1n) is 12.3. The monoisotopic (exact) mass is 524 g/mol. The summed E-state index contributed by atoms with van der Waals surface area (Å²) in [6.45, 7) is 3.57. The highest BCUT2D eigenvalue weighted by atomic mass is 32.2. The highest BCUT2D eigenvalue weighted by molar-refractivity contribution is 7.92. The summed E-state index contributed by atoms with van der Waals surface area (Å²) in [5, 5.41) is 8.28. The van der Waals surface area contributed by atoms with Crippen molar-refractivity contribution >= 4 is 43.5 Å². The van der Waals surface area contributed by atoms with Crippen LogP contribution < -0.4 is 20.9 Å². The highest BCUT2D eigenvalue weighted by Gasteiger charge is 2.19. The normalized spacial score (nSPS) is 16.2. The van der Waals surface area contributed by atoms with Gasteiger partial charge in [-0.15, -0.1) is 0 Å².